The van der Waals surface area contributed by atoms with Crippen LogP contribution in [0, 0.1) is 0 Å². The third kappa shape index (κ3) is 8.88. The van der Waals surface area contributed by atoms with Crippen LogP contribution in [0.4, 0.5) is 23.7 Å². The first-order valence-electron chi connectivity index (χ1n) is 15.8. The molecule has 48 heavy (non-hydrogen) atoms. The summed E-state index contributed by atoms with van der Waals surface area (Å²) < 4.78 is 48.3. The second-order valence-corrected chi connectivity index (χ2v) is 13.0. The molecule has 5 rings (SSSR count). The lowest BCUT2D eigenvalue weighted by Gasteiger charge is -2.37. The molecule has 13 heteroatoms. The van der Waals surface area contributed by atoms with E-state index in [9.17, 15) is 18.0 Å². The zero-order valence-electron chi connectivity index (χ0n) is 27.5. The number of nitrogens with zero attached hydrogens (tertiary/aromatic N) is 5. The SMILES string of the molecule is COc1ccc(C(C)C)c(N2C(=NC(=O)NC(C)CCc3ccc(-c4ncn(-c5ccc(OC(F)(F)F)cc5)n4)cc3)SCCC2C)c1. The van der Waals surface area contributed by atoms with E-state index in [1.165, 1.54) is 40.8 Å². The summed E-state index contributed by atoms with van der Waals surface area (Å²) >= 11 is 1.59. The number of halogens is 3. The minimum absolute atomic E-state index is 0.102. The van der Waals surface area contributed by atoms with Crippen LogP contribution < -0.4 is 19.7 Å². The first kappa shape index (κ1) is 34.8. The number of rotatable bonds is 10. The number of carbonyl (C=O) groups is 1. The minimum atomic E-state index is -4.75. The molecule has 2 atom stereocenters. The molecule has 0 radical (unpaired) electrons. The van der Waals surface area contributed by atoms with Crippen LogP contribution in [0.2, 0.25) is 0 Å². The van der Waals surface area contributed by atoms with Crippen molar-refractivity contribution >= 4 is 28.6 Å². The lowest BCUT2D eigenvalue weighted by Crippen LogP contribution is -2.43. The number of hydrogen-bond acceptors (Lipinski definition) is 6. The van der Waals surface area contributed by atoms with Gasteiger partial charge in [-0.25, -0.2) is 14.5 Å². The fourth-order valence-corrected chi connectivity index (χ4v) is 6.61. The molecular formula is C35H39F3N6O3S. The van der Waals surface area contributed by atoms with Gasteiger partial charge in [-0.1, -0.05) is 55.9 Å². The van der Waals surface area contributed by atoms with Crippen molar-refractivity contribution in [2.75, 3.05) is 17.8 Å². The molecule has 2 unspecified atom stereocenters. The molecule has 254 valence electrons. The molecule has 1 aliphatic rings. The van der Waals surface area contributed by atoms with Gasteiger partial charge < -0.3 is 19.7 Å². The van der Waals surface area contributed by atoms with Gasteiger partial charge in [0.15, 0.2) is 11.0 Å². The minimum Gasteiger partial charge on any atom is -0.497 e. The molecule has 0 bridgehead atoms. The van der Waals surface area contributed by atoms with Crippen molar-refractivity contribution in [1.29, 1.82) is 0 Å². The van der Waals surface area contributed by atoms with Gasteiger partial charge in [0, 0.05) is 29.5 Å². The number of thioether (sulfide) groups is 1. The molecule has 2 amide bonds. The topological polar surface area (TPSA) is 93.9 Å². The van der Waals surface area contributed by atoms with Crippen molar-refractivity contribution < 1.29 is 27.4 Å². The Morgan fingerprint density at radius 2 is 1.77 bits per heavy atom. The maximum Gasteiger partial charge on any atom is 0.573 e. The number of ether oxygens (including phenoxy) is 2. The normalized spacial score (nSPS) is 16.6. The van der Waals surface area contributed by atoms with E-state index in [4.69, 9.17) is 4.74 Å². The molecule has 0 spiro atoms. The van der Waals surface area contributed by atoms with Crippen LogP contribution in [0.25, 0.3) is 17.1 Å². The summed E-state index contributed by atoms with van der Waals surface area (Å²) in [6.07, 6.45) is -0.808. The van der Waals surface area contributed by atoms with Crippen LogP contribution in [-0.4, -0.2) is 57.3 Å². The van der Waals surface area contributed by atoms with Gasteiger partial charge in [0.25, 0.3) is 0 Å². The molecule has 2 heterocycles. The van der Waals surface area contributed by atoms with E-state index in [0.29, 0.717) is 22.6 Å². The second-order valence-electron chi connectivity index (χ2n) is 12.0. The maximum absolute atomic E-state index is 13.1. The smallest absolute Gasteiger partial charge is 0.497 e. The van der Waals surface area contributed by atoms with Crippen molar-refractivity contribution in [2.45, 2.75) is 71.3 Å². The van der Waals surface area contributed by atoms with Crippen molar-refractivity contribution in [3.63, 3.8) is 0 Å². The summed E-state index contributed by atoms with van der Waals surface area (Å²) in [6.45, 7) is 8.44. The molecule has 1 N–H and O–H groups in total. The van der Waals surface area contributed by atoms with E-state index < -0.39 is 6.36 Å². The molecule has 0 saturated carbocycles. The van der Waals surface area contributed by atoms with Crippen molar-refractivity contribution in [1.82, 2.24) is 20.1 Å². The largest absolute Gasteiger partial charge is 0.573 e. The molecule has 1 saturated heterocycles. The molecule has 0 aliphatic carbocycles. The highest BCUT2D eigenvalue weighted by Crippen LogP contribution is 2.37. The first-order chi connectivity index (χ1) is 22.9. The van der Waals surface area contributed by atoms with E-state index in [1.807, 2.05) is 43.3 Å². The van der Waals surface area contributed by atoms with Gasteiger partial charge in [0.05, 0.1) is 18.5 Å². The zero-order valence-corrected chi connectivity index (χ0v) is 28.3. The average Bonchev–Trinajstić information content (AvgIpc) is 3.54. The van der Waals surface area contributed by atoms with E-state index in [2.05, 4.69) is 56.9 Å². The van der Waals surface area contributed by atoms with E-state index in [1.54, 1.807) is 18.9 Å². The van der Waals surface area contributed by atoms with E-state index in [-0.39, 0.29) is 23.9 Å². The van der Waals surface area contributed by atoms with Gasteiger partial charge in [0.2, 0.25) is 0 Å². The fourth-order valence-electron chi connectivity index (χ4n) is 5.41. The number of methoxy groups -OCH3 is 1. The molecule has 1 aliphatic heterocycles. The highest BCUT2D eigenvalue weighted by atomic mass is 32.2. The lowest BCUT2D eigenvalue weighted by atomic mass is 9.99. The number of amides is 2. The number of aromatic nitrogens is 3. The Kier molecular flexibility index (Phi) is 11.0. The van der Waals surface area contributed by atoms with Gasteiger partial charge in [-0.05, 0) is 80.5 Å². The van der Waals surface area contributed by atoms with Gasteiger partial charge >= 0.3 is 12.4 Å². The first-order valence-corrected chi connectivity index (χ1v) is 16.7. The van der Waals surface area contributed by atoms with Crippen LogP contribution in [0.15, 0.2) is 78.0 Å². The van der Waals surface area contributed by atoms with E-state index in [0.717, 1.165) is 47.6 Å². The molecule has 9 nitrogen and oxygen atoms in total. The Bertz CT molecular complexity index is 1720. The number of benzene rings is 3. The summed E-state index contributed by atoms with van der Waals surface area (Å²) in [4.78, 5) is 24.2. The zero-order chi connectivity index (χ0) is 34.4. The fraction of sp³-hybridized carbons (Fsp3) is 0.371. The summed E-state index contributed by atoms with van der Waals surface area (Å²) in [6, 6.07) is 19.0. The number of aryl methyl sites for hydroxylation is 1. The molecule has 4 aromatic rings. The Labute approximate surface area is 282 Å². The summed E-state index contributed by atoms with van der Waals surface area (Å²) in [5.41, 5.74) is 4.63. The van der Waals surface area contributed by atoms with Gasteiger partial charge in [0.1, 0.15) is 17.8 Å². The van der Waals surface area contributed by atoms with Crippen LogP contribution >= 0.6 is 11.8 Å². The number of aliphatic imine (C=N–C) groups is 1. The number of urea groups is 1. The lowest BCUT2D eigenvalue weighted by molar-refractivity contribution is -0.274. The third-order valence-corrected chi connectivity index (χ3v) is 8.99. The predicted molar refractivity (Wildman–Crippen MR) is 183 cm³/mol. The summed E-state index contributed by atoms with van der Waals surface area (Å²) in [5.74, 6) is 2.12. The van der Waals surface area contributed by atoms with Crippen molar-refractivity contribution in [2.24, 2.45) is 4.99 Å². The standard InChI is InChI=1S/C35H39F3N6O3S/c1-22(2)30-17-16-29(46-5)20-31(30)44-24(4)18-19-48-34(44)41-33(45)40-23(3)6-7-25-8-10-26(11-9-25)32-39-21-43(42-32)27-12-14-28(15-13-27)47-35(36,37)38/h8-17,20-24H,6-7,18-19H2,1-5H3,(H,40,45). The Hall–Kier alpha value is -4.52. The van der Waals surface area contributed by atoms with Crippen LogP contribution in [0.5, 0.6) is 11.5 Å². The van der Waals surface area contributed by atoms with E-state index >= 15 is 0 Å². The number of nitrogens with one attached hydrogen (secondary N) is 1. The molecule has 1 fully saturated rings. The van der Waals surface area contributed by atoms with Gasteiger partial charge in [-0.15, -0.1) is 18.3 Å². The van der Waals surface area contributed by atoms with Crippen LogP contribution in [-0.2, 0) is 6.42 Å². The summed E-state index contributed by atoms with van der Waals surface area (Å²) in [7, 11) is 1.65. The quantitative estimate of drug-likeness (QED) is 0.180. The number of carbonyl (C=O) groups excluding carboxylic acids is 1. The number of amidine groups is 1. The number of anilines is 1. The second kappa shape index (κ2) is 15.1. The predicted octanol–water partition coefficient (Wildman–Crippen LogP) is 8.38. The van der Waals surface area contributed by atoms with Gasteiger partial charge in [-0.3, -0.25) is 0 Å². The number of alkyl halides is 3. The Morgan fingerprint density at radius 1 is 1.06 bits per heavy atom. The monoisotopic (exact) mass is 680 g/mol. The maximum atomic E-state index is 13.1. The molecule has 1 aromatic heterocycles. The van der Waals surface area contributed by atoms with Crippen molar-refractivity contribution in [3.05, 3.63) is 84.2 Å². The third-order valence-electron chi connectivity index (χ3n) is 8.00. The van der Waals surface area contributed by atoms with Crippen LogP contribution in [0.3, 0.4) is 0 Å². The van der Waals surface area contributed by atoms with Crippen molar-refractivity contribution in [3.8, 4) is 28.6 Å². The van der Waals surface area contributed by atoms with Crippen LogP contribution in [0.1, 0.15) is 57.6 Å². The van der Waals surface area contributed by atoms with Gasteiger partial charge in [-0.2, -0.15) is 4.99 Å². The molecular weight excluding hydrogens is 641 g/mol. The Morgan fingerprint density at radius 3 is 2.44 bits per heavy atom. The number of hydrogen-bond donors (Lipinski definition) is 1. The Balaban J connectivity index is 1.18. The highest BCUT2D eigenvalue weighted by Gasteiger charge is 2.31. The average molecular weight is 681 g/mol. The summed E-state index contributed by atoms with van der Waals surface area (Å²) in [5, 5.41) is 8.19. The molecule has 3 aromatic carbocycles. The highest BCUT2D eigenvalue weighted by molar-refractivity contribution is 8.14.